The molecule has 0 spiro atoms. The van der Waals surface area contributed by atoms with E-state index in [1.54, 1.807) is 0 Å². The first-order valence-corrected chi connectivity index (χ1v) is 6.96. The first-order chi connectivity index (χ1) is 7.00. The average Bonchev–Trinajstić information content (AvgIpc) is 2.14. The van der Waals surface area contributed by atoms with Gasteiger partial charge in [-0.15, -0.1) is 11.8 Å². The van der Waals surface area contributed by atoms with Crippen LogP contribution >= 0.6 is 27.7 Å². The lowest BCUT2D eigenvalue weighted by atomic mass is 10.1. The van der Waals surface area contributed by atoms with Crippen molar-refractivity contribution in [1.82, 2.24) is 0 Å². The summed E-state index contributed by atoms with van der Waals surface area (Å²) in [5.74, 6) is 1.88. The summed E-state index contributed by atoms with van der Waals surface area (Å²) < 4.78 is 1.12. The standard InChI is InChI=1S/C12H18BrNS/c1-8(2)7-15-10-4-5-11(9(3)14)12(13)6-10/h4-6,8-9H,7,14H2,1-3H3/t9-/m1/s1. The summed E-state index contributed by atoms with van der Waals surface area (Å²) in [5.41, 5.74) is 7.02. The van der Waals surface area contributed by atoms with Gasteiger partial charge in [-0.2, -0.15) is 0 Å². The highest BCUT2D eigenvalue weighted by molar-refractivity contribution is 9.10. The molecule has 0 aliphatic rings. The molecule has 2 N–H and O–H groups in total. The Bertz CT molecular complexity index is 323. The van der Waals surface area contributed by atoms with Crippen molar-refractivity contribution < 1.29 is 0 Å². The maximum absolute atomic E-state index is 5.85. The van der Waals surface area contributed by atoms with E-state index in [-0.39, 0.29) is 6.04 Å². The van der Waals surface area contributed by atoms with E-state index in [4.69, 9.17) is 5.73 Å². The molecule has 0 radical (unpaired) electrons. The van der Waals surface area contributed by atoms with Gasteiger partial charge in [-0.3, -0.25) is 0 Å². The van der Waals surface area contributed by atoms with Gasteiger partial charge in [0.2, 0.25) is 0 Å². The van der Waals surface area contributed by atoms with Gasteiger partial charge in [-0.05, 0) is 30.5 Å². The van der Waals surface area contributed by atoms with Gasteiger partial charge in [0.05, 0.1) is 0 Å². The fourth-order valence-electron chi connectivity index (χ4n) is 1.23. The Morgan fingerprint density at radius 1 is 1.33 bits per heavy atom. The van der Waals surface area contributed by atoms with Crippen LogP contribution in [0.15, 0.2) is 27.6 Å². The second-order valence-corrected chi connectivity index (χ2v) is 6.12. The van der Waals surface area contributed by atoms with Crippen LogP contribution in [0.2, 0.25) is 0 Å². The van der Waals surface area contributed by atoms with Gasteiger partial charge >= 0.3 is 0 Å². The minimum absolute atomic E-state index is 0.0866. The fraction of sp³-hybridized carbons (Fsp3) is 0.500. The van der Waals surface area contributed by atoms with Crippen LogP contribution in [0.5, 0.6) is 0 Å². The summed E-state index contributed by atoms with van der Waals surface area (Å²) in [6.07, 6.45) is 0. The van der Waals surface area contributed by atoms with E-state index in [2.05, 4.69) is 48.0 Å². The van der Waals surface area contributed by atoms with Crippen molar-refractivity contribution in [3.05, 3.63) is 28.2 Å². The van der Waals surface area contributed by atoms with Crippen molar-refractivity contribution in [2.24, 2.45) is 11.7 Å². The lowest BCUT2D eigenvalue weighted by Crippen LogP contribution is -2.05. The van der Waals surface area contributed by atoms with Gasteiger partial charge in [-0.25, -0.2) is 0 Å². The summed E-state index contributed by atoms with van der Waals surface area (Å²) in [6.45, 7) is 6.47. The SMILES string of the molecule is CC(C)CSc1ccc([C@@H](C)N)c(Br)c1. The Morgan fingerprint density at radius 3 is 2.47 bits per heavy atom. The molecule has 1 nitrogen and oxygen atoms in total. The molecule has 0 saturated carbocycles. The fourth-order valence-corrected chi connectivity index (χ4v) is 3.01. The summed E-state index contributed by atoms with van der Waals surface area (Å²) in [7, 11) is 0. The maximum Gasteiger partial charge on any atom is 0.0277 e. The van der Waals surface area contributed by atoms with Gasteiger partial charge in [-0.1, -0.05) is 35.8 Å². The Labute approximate surface area is 105 Å². The molecule has 0 aliphatic heterocycles. The second kappa shape index (κ2) is 5.92. The van der Waals surface area contributed by atoms with Crippen LogP contribution in [0, 0.1) is 5.92 Å². The van der Waals surface area contributed by atoms with Crippen molar-refractivity contribution in [2.45, 2.75) is 31.7 Å². The molecule has 0 fully saturated rings. The van der Waals surface area contributed by atoms with E-state index >= 15 is 0 Å². The van der Waals surface area contributed by atoms with E-state index in [1.165, 1.54) is 10.5 Å². The molecule has 0 unspecified atom stereocenters. The third-order valence-electron chi connectivity index (χ3n) is 2.05. The zero-order valence-electron chi connectivity index (χ0n) is 9.46. The largest absolute Gasteiger partial charge is 0.324 e. The van der Waals surface area contributed by atoms with Crippen LogP contribution in [-0.2, 0) is 0 Å². The monoisotopic (exact) mass is 287 g/mol. The van der Waals surface area contributed by atoms with Gasteiger partial charge in [0, 0.05) is 21.2 Å². The van der Waals surface area contributed by atoms with Crippen molar-refractivity contribution in [3.63, 3.8) is 0 Å². The van der Waals surface area contributed by atoms with Crippen LogP contribution in [-0.4, -0.2) is 5.75 Å². The summed E-state index contributed by atoms with van der Waals surface area (Å²) >= 11 is 5.45. The van der Waals surface area contributed by atoms with E-state index < -0.39 is 0 Å². The summed E-state index contributed by atoms with van der Waals surface area (Å²) in [4.78, 5) is 1.31. The number of benzene rings is 1. The normalized spacial score (nSPS) is 13.2. The lowest BCUT2D eigenvalue weighted by molar-refractivity contribution is 0.750. The van der Waals surface area contributed by atoms with Crippen LogP contribution in [0.25, 0.3) is 0 Å². The predicted octanol–water partition coefficient (Wildman–Crippen LogP) is 4.22. The highest BCUT2D eigenvalue weighted by Gasteiger charge is 2.06. The second-order valence-electron chi connectivity index (χ2n) is 4.18. The van der Waals surface area contributed by atoms with Gasteiger partial charge in [0.25, 0.3) is 0 Å². The zero-order chi connectivity index (χ0) is 11.4. The highest BCUT2D eigenvalue weighted by atomic mass is 79.9. The van der Waals surface area contributed by atoms with E-state index in [0.29, 0.717) is 0 Å². The average molecular weight is 288 g/mol. The molecule has 1 rings (SSSR count). The molecule has 0 saturated heterocycles. The first kappa shape index (κ1) is 13.1. The number of nitrogens with two attached hydrogens (primary N) is 1. The van der Waals surface area contributed by atoms with Crippen LogP contribution in [0.4, 0.5) is 0 Å². The van der Waals surface area contributed by atoms with Gasteiger partial charge < -0.3 is 5.73 Å². The van der Waals surface area contributed by atoms with E-state index in [9.17, 15) is 0 Å². The number of hydrogen-bond acceptors (Lipinski definition) is 2. The van der Waals surface area contributed by atoms with Gasteiger partial charge in [0.15, 0.2) is 0 Å². The number of halogens is 1. The third kappa shape index (κ3) is 4.17. The molecular formula is C12H18BrNS. The number of thioether (sulfide) groups is 1. The van der Waals surface area contributed by atoms with Crippen molar-refractivity contribution in [1.29, 1.82) is 0 Å². The Balaban J connectivity index is 2.73. The van der Waals surface area contributed by atoms with E-state index in [0.717, 1.165) is 16.1 Å². The van der Waals surface area contributed by atoms with Crippen molar-refractivity contribution in [3.8, 4) is 0 Å². The van der Waals surface area contributed by atoms with E-state index in [1.807, 2.05) is 18.7 Å². The zero-order valence-corrected chi connectivity index (χ0v) is 11.9. The van der Waals surface area contributed by atoms with Crippen LogP contribution in [0.1, 0.15) is 32.4 Å². The number of hydrogen-bond donors (Lipinski definition) is 1. The molecule has 0 aliphatic carbocycles. The minimum atomic E-state index is 0.0866. The molecule has 0 aromatic heterocycles. The molecular weight excluding hydrogens is 270 g/mol. The van der Waals surface area contributed by atoms with Crippen molar-refractivity contribution >= 4 is 27.7 Å². The molecule has 1 atom stereocenters. The first-order valence-electron chi connectivity index (χ1n) is 5.18. The third-order valence-corrected chi connectivity index (χ3v) is 4.15. The highest BCUT2D eigenvalue weighted by Crippen LogP contribution is 2.28. The summed E-state index contributed by atoms with van der Waals surface area (Å²) in [6, 6.07) is 6.50. The molecule has 3 heteroatoms. The maximum atomic E-state index is 5.85. The minimum Gasteiger partial charge on any atom is -0.324 e. The molecule has 84 valence electrons. The lowest BCUT2D eigenvalue weighted by Gasteiger charge is -2.10. The summed E-state index contributed by atoms with van der Waals surface area (Å²) in [5, 5.41) is 0. The molecule has 1 aromatic carbocycles. The molecule has 0 bridgehead atoms. The molecule has 15 heavy (non-hydrogen) atoms. The van der Waals surface area contributed by atoms with Crippen LogP contribution < -0.4 is 5.73 Å². The van der Waals surface area contributed by atoms with Gasteiger partial charge in [0.1, 0.15) is 0 Å². The molecule has 0 heterocycles. The molecule has 1 aromatic rings. The Kier molecular flexibility index (Phi) is 5.16. The Hall–Kier alpha value is 0.01000. The van der Waals surface area contributed by atoms with Crippen LogP contribution in [0.3, 0.4) is 0 Å². The smallest absolute Gasteiger partial charge is 0.0277 e. The topological polar surface area (TPSA) is 26.0 Å². The molecule has 0 amide bonds. The predicted molar refractivity (Wildman–Crippen MR) is 72.3 cm³/mol. The Morgan fingerprint density at radius 2 is 2.00 bits per heavy atom. The van der Waals surface area contributed by atoms with Crippen molar-refractivity contribution in [2.75, 3.05) is 5.75 Å². The number of rotatable bonds is 4. The quantitative estimate of drug-likeness (QED) is 0.840.